The molecule has 1 aliphatic rings. The van der Waals surface area contributed by atoms with Gasteiger partial charge in [0.05, 0.1) is 0 Å². The predicted molar refractivity (Wildman–Crippen MR) is 99.1 cm³/mol. The Bertz CT molecular complexity index is 265. The smallest absolute Gasteiger partial charge is 0.191 e. The molecule has 20 heavy (non-hydrogen) atoms. The third-order valence-corrected chi connectivity index (χ3v) is 3.64. The zero-order valence-electron chi connectivity index (χ0n) is 13.6. The van der Waals surface area contributed by atoms with Gasteiger partial charge in [-0.2, -0.15) is 0 Å². The summed E-state index contributed by atoms with van der Waals surface area (Å²) in [5, 5.41) is 6.78. The molecule has 0 aliphatic heterocycles. The van der Waals surface area contributed by atoms with Crippen molar-refractivity contribution in [3.63, 3.8) is 0 Å². The number of nitrogens with zero attached hydrogens (tertiary/aromatic N) is 2. The number of nitrogens with one attached hydrogen (secondary N) is 2. The molecule has 0 unspecified atom stereocenters. The van der Waals surface area contributed by atoms with Gasteiger partial charge < -0.3 is 10.6 Å². The first-order valence-corrected chi connectivity index (χ1v) is 7.86. The molecule has 0 aromatic heterocycles. The van der Waals surface area contributed by atoms with E-state index in [0.717, 1.165) is 44.1 Å². The number of rotatable bonds is 9. The molecule has 0 atom stereocenters. The van der Waals surface area contributed by atoms with Gasteiger partial charge in [-0.05, 0) is 38.1 Å². The van der Waals surface area contributed by atoms with Crippen LogP contribution in [-0.4, -0.2) is 50.1 Å². The molecule has 0 bridgehead atoms. The topological polar surface area (TPSA) is 39.7 Å². The van der Waals surface area contributed by atoms with Crippen LogP contribution in [0.5, 0.6) is 0 Å². The van der Waals surface area contributed by atoms with Crippen LogP contribution in [-0.2, 0) is 0 Å². The fourth-order valence-corrected chi connectivity index (χ4v) is 2.29. The maximum absolute atomic E-state index is 4.26. The van der Waals surface area contributed by atoms with Crippen LogP contribution in [0.25, 0.3) is 0 Å². The Kier molecular flexibility index (Phi) is 11.6. The van der Waals surface area contributed by atoms with Crippen LogP contribution in [0.4, 0.5) is 0 Å². The van der Waals surface area contributed by atoms with Crippen LogP contribution < -0.4 is 10.6 Å². The first-order valence-electron chi connectivity index (χ1n) is 7.86. The third-order valence-electron chi connectivity index (χ3n) is 3.64. The lowest BCUT2D eigenvalue weighted by Gasteiger charge is -2.20. The first kappa shape index (κ1) is 20.0. The highest BCUT2D eigenvalue weighted by Gasteiger charge is 2.27. The lowest BCUT2D eigenvalue weighted by Crippen LogP contribution is -2.42. The van der Waals surface area contributed by atoms with E-state index in [2.05, 4.69) is 41.3 Å². The third kappa shape index (κ3) is 9.00. The van der Waals surface area contributed by atoms with Gasteiger partial charge in [0.1, 0.15) is 0 Å². The highest BCUT2D eigenvalue weighted by molar-refractivity contribution is 14.0. The van der Waals surface area contributed by atoms with Gasteiger partial charge in [0.25, 0.3) is 0 Å². The summed E-state index contributed by atoms with van der Waals surface area (Å²) in [4.78, 5) is 6.82. The second-order valence-electron chi connectivity index (χ2n) is 5.82. The van der Waals surface area contributed by atoms with Crippen molar-refractivity contribution in [2.75, 3.05) is 33.2 Å². The summed E-state index contributed by atoms with van der Waals surface area (Å²) in [5.74, 6) is 1.73. The molecule has 0 radical (unpaired) electrons. The Morgan fingerprint density at radius 2 is 1.90 bits per heavy atom. The van der Waals surface area contributed by atoms with Gasteiger partial charge in [-0.15, -0.1) is 24.0 Å². The molecule has 1 fully saturated rings. The molecule has 120 valence electrons. The van der Waals surface area contributed by atoms with Crippen LogP contribution in [0, 0.1) is 5.92 Å². The predicted octanol–water partition coefficient (Wildman–Crippen LogP) is 2.69. The molecule has 1 aliphatic carbocycles. The second-order valence-corrected chi connectivity index (χ2v) is 5.82. The Morgan fingerprint density at radius 3 is 2.40 bits per heavy atom. The number of guanidine groups is 1. The minimum absolute atomic E-state index is 0. The summed E-state index contributed by atoms with van der Waals surface area (Å²) in [7, 11) is 1.84. The van der Waals surface area contributed by atoms with Crippen molar-refractivity contribution in [3.8, 4) is 0 Å². The molecular formula is C15H33IN4. The van der Waals surface area contributed by atoms with Crippen molar-refractivity contribution >= 4 is 29.9 Å². The lowest BCUT2D eigenvalue weighted by molar-refractivity contribution is 0.282. The van der Waals surface area contributed by atoms with Gasteiger partial charge in [0.2, 0.25) is 0 Å². The number of hydrogen-bond acceptors (Lipinski definition) is 2. The summed E-state index contributed by atoms with van der Waals surface area (Å²) in [6, 6.07) is 0.854. The minimum Gasteiger partial charge on any atom is -0.356 e. The van der Waals surface area contributed by atoms with Gasteiger partial charge in [-0.3, -0.25) is 9.89 Å². The lowest BCUT2D eigenvalue weighted by atomic mass is 10.1. The van der Waals surface area contributed by atoms with E-state index in [9.17, 15) is 0 Å². The van der Waals surface area contributed by atoms with Crippen LogP contribution in [0.2, 0.25) is 0 Å². The fraction of sp³-hybridized carbons (Fsp3) is 0.933. The van der Waals surface area contributed by atoms with Crippen molar-refractivity contribution in [2.45, 2.75) is 52.5 Å². The summed E-state index contributed by atoms with van der Waals surface area (Å²) < 4.78 is 0. The SMILES string of the molecule is CCN(CCNC(=NC)NCCCC(C)C)C1CC1.I. The molecule has 1 saturated carbocycles. The maximum atomic E-state index is 4.26. The standard InChI is InChI=1S/C15H32N4.HI/c1-5-19(14-8-9-14)12-11-18-15(16-4)17-10-6-7-13(2)3;/h13-14H,5-12H2,1-4H3,(H2,16,17,18);1H. The van der Waals surface area contributed by atoms with Gasteiger partial charge in [0.15, 0.2) is 5.96 Å². The molecule has 4 nitrogen and oxygen atoms in total. The number of aliphatic imine (C=N–C) groups is 1. The van der Waals surface area contributed by atoms with Gasteiger partial charge >= 0.3 is 0 Å². The molecule has 0 saturated heterocycles. The number of likely N-dealkylation sites (N-methyl/N-ethyl adjacent to an activating group) is 1. The Labute approximate surface area is 142 Å². The minimum atomic E-state index is 0. The van der Waals surface area contributed by atoms with Crippen LogP contribution in [0.3, 0.4) is 0 Å². The van der Waals surface area contributed by atoms with E-state index >= 15 is 0 Å². The molecule has 0 amide bonds. The van der Waals surface area contributed by atoms with Crippen molar-refractivity contribution < 1.29 is 0 Å². The highest BCUT2D eigenvalue weighted by atomic mass is 127. The molecule has 0 spiro atoms. The van der Waals surface area contributed by atoms with Crippen LogP contribution in [0.15, 0.2) is 4.99 Å². The van der Waals surface area contributed by atoms with E-state index in [-0.39, 0.29) is 24.0 Å². The van der Waals surface area contributed by atoms with E-state index in [1.54, 1.807) is 0 Å². The van der Waals surface area contributed by atoms with Crippen LogP contribution in [0.1, 0.15) is 46.5 Å². The van der Waals surface area contributed by atoms with E-state index in [0.29, 0.717) is 0 Å². The Morgan fingerprint density at radius 1 is 1.25 bits per heavy atom. The molecule has 1 rings (SSSR count). The van der Waals surface area contributed by atoms with E-state index < -0.39 is 0 Å². The molecule has 0 aromatic carbocycles. The van der Waals surface area contributed by atoms with E-state index in [1.165, 1.54) is 25.7 Å². The van der Waals surface area contributed by atoms with Gasteiger partial charge in [0, 0.05) is 32.7 Å². The number of halogens is 1. The van der Waals surface area contributed by atoms with Crippen molar-refractivity contribution in [3.05, 3.63) is 0 Å². The normalized spacial score (nSPS) is 15.4. The first-order chi connectivity index (χ1) is 9.17. The van der Waals surface area contributed by atoms with E-state index in [4.69, 9.17) is 0 Å². The van der Waals surface area contributed by atoms with Crippen molar-refractivity contribution in [2.24, 2.45) is 10.9 Å². The number of hydrogen-bond donors (Lipinski definition) is 2. The molecular weight excluding hydrogens is 363 g/mol. The second kappa shape index (κ2) is 11.6. The monoisotopic (exact) mass is 396 g/mol. The summed E-state index contributed by atoms with van der Waals surface area (Å²) in [6.07, 6.45) is 5.25. The van der Waals surface area contributed by atoms with Gasteiger partial charge in [-0.1, -0.05) is 20.8 Å². The summed E-state index contributed by atoms with van der Waals surface area (Å²) in [6.45, 7) is 11.1. The molecule has 0 heterocycles. The maximum Gasteiger partial charge on any atom is 0.191 e. The van der Waals surface area contributed by atoms with Crippen molar-refractivity contribution in [1.29, 1.82) is 0 Å². The zero-order valence-corrected chi connectivity index (χ0v) is 15.9. The average molecular weight is 396 g/mol. The Hall–Kier alpha value is -0.0400. The largest absolute Gasteiger partial charge is 0.356 e. The molecule has 5 heteroatoms. The summed E-state index contributed by atoms with van der Waals surface area (Å²) in [5.41, 5.74) is 0. The highest BCUT2D eigenvalue weighted by Crippen LogP contribution is 2.25. The quantitative estimate of drug-likeness (QED) is 0.273. The van der Waals surface area contributed by atoms with Crippen LogP contribution >= 0.6 is 24.0 Å². The average Bonchev–Trinajstić information content (AvgIpc) is 3.21. The summed E-state index contributed by atoms with van der Waals surface area (Å²) >= 11 is 0. The fourth-order valence-electron chi connectivity index (χ4n) is 2.29. The van der Waals surface area contributed by atoms with Gasteiger partial charge in [-0.25, -0.2) is 0 Å². The Balaban J connectivity index is 0.00000361. The van der Waals surface area contributed by atoms with E-state index in [1.807, 2.05) is 7.05 Å². The van der Waals surface area contributed by atoms with Crippen molar-refractivity contribution in [1.82, 2.24) is 15.5 Å². The zero-order chi connectivity index (χ0) is 14.1. The molecule has 0 aromatic rings. The molecule has 2 N–H and O–H groups in total.